The first-order valence-electron chi connectivity index (χ1n) is 5.46. The Labute approximate surface area is 77.7 Å². The molecule has 0 aromatic heterocycles. The fraction of sp³-hybridized carbons (Fsp3) is 1.00. The third kappa shape index (κ3) is 1.84. The first-order valence-corrected chi connectivity index (χ1v) is 5.46. The molecule has 0 spiro atoms. The predicted octanol–water partition coefficient (Wildman–Crippen LogP) is 4.10. The molecule has 1 saturated carbocycles. The topological polar surface area (TPSA) is 0 Å². The molecule has 0 aromatic carbocycles. The van der Waals surface area contributed by atoms with Gasteiger partial charge in [-0.2, -0.15) is 0 Å². The highest BCUT2D eigenvalue weighted by atomic mass is 14.4. The number of rotatable bonds is 1. The van der Waals surface area contributed by atoms with E-state index in [-0.39, 0.29) is 0 Å². The molecule has 1 unspecified atom stereocenters. The lowest BCUT2D eigenvalue weighted by Gasteiger charge is -2.43. The molecule has 0 nitrogen and oxygen atoms in total. The van der Waals surface area contributed by atoms with E-state index in [9.17, 15) is 0 Å². The molecule has 0 aliphatic heterocycles. The van der Waals surface area contributed by atoms with E-state index in [1.807, 2.05) is 0 Å². The zero-order valence-electron chi connectivity index (χ0n) is 9.35. The Balaban J connectivity index is 2.60. The lowest BCUT2D eigenvalue weighted by molar-refractivity contribution is 0.0754. The monoisotopic (exact) mass is 168 g/mol. The molecule has 0 aromatic rings. The molecule has 0 heteroatoms. The zero-order valence-corrected chi connectivity index (χ0v) is 9.35. The normalized spacial score (nSPS) is 43.5. The summed E-state index contributed by atoms with van der Waals surface area (Å²) < 4.78 is 0. The van der Waals surface area contributed by atoms with Crippen molar-refractivity contribution in [1.82, 2.24) is 0 Å². The van der Waals surface area contributed by atoms with Crippen LogP contribution in [0, 0.1) is 23.2 Å². The van der Waals surface area contributed by atoms with Gasteiger partial charge in [-0.05, 0) is 42.4 Å². The lowest BCUT2D eigenvalue weighted by Crippen LogP contribution is -2.33. The average Bonchev–Trinajstić information content (AvgIpc) is 1.97. The Morgan fingerprint density at radius 1 is 1.17 bits per heavy atom. The van der Waals surface area contributed by atoms with Crippen molar-refractivity contribution >= 4 is 0 Å². The van der Waals surface area contributed by atoms with Gasteiger partial charge in [0.15, 0.2) is 0 Å². The molecular formula is C12H24. The summed E-state index contributed by atoms with van der Waals surface area (Å²) in [7, 11) is 0. The summed E-state index contributed by atoms with van der Waals surface area (Å²) in [4.78, 5) is 0. The molecular weight excluding hydrogens is 144 g/mol. The van der Waals surface area contributed by atoms with Crippen LogP contribution in [0.2, 0.25) is 0 Å². The van der Waals surface area contributed by atoms with E-state index in [2.05, 4.69) is 34.6 Å². The summed E-state index contributed by atoms with van der Waals surface area (Å²) in [6.07, 6.45) is 4.32. The second-order valence-electron chi connectivity index (χ2n) is 5.51. The Morgan fingerprint density at radius 2 is 1.75 bits per heavy atom. The molecule has 1 rings (SSSR count). The van der Waals surface area contributed by atoms with Gasteiger partial charge in [0.1, 0.15) is 0 Å². The van der Waals surface area contributed by atoms with Gasteiger partial charge in [-0.1, -0.05) is 34.6 Å². The first-order chi connectivity index (χ1) is 5.46. The lowest BCUT2D eigenvalue weighted by atomic mass is 9.62. The molecule has 0 bridgehead atoms. The highest BCUT2D eigenvalue weighted by Gasteiger charge is 2.35. The van der Waals surface area contributed by atoms with E-state index in [4.69, 9.17) is 0 Å². The Morgan fingerprint density at radius 3 is 2.17 bits per heavy atom. The van der Waals surface area contributed by atoms with Gasteiger partial charge >= 0.3 is 0 Å². The van der Waals surface area contributed by atoms with E-state index >= 15 is 0 Å². The zero-order chi connectivity index (χ0) is 9.35. The maximum atomic E-state index is 2.47. The molecule has 0 saturated heterocycles. The maximum absolute atomic E-state index is 2.47. The maximum Gasteiger partial charge on any atom is -0.0300 e. The van der Waals surface area contributed by atoms with Crippen molar-refractivity contribution in [3.05, 3.63) is 0 Å². The fourth-order valence-electron chi connectivity index (χ4n) is 2.41. The van der Waals surface area contributed by atoms with Gasteiger partial charge in [0, 0.05) is 0 Å². The first kappa shape index (κ1) is 10.1. The van der Waals surface area contributed by atoms with Gasteiger partial charge in [-0.15, -0.1) is 0 Å². The number of hydrogen-bond donors (Lipinski definition) is 0. The van der Waals surface area contributed by atoms with Gasteiger partial charge in [0.25, 0.3) is 0 Å². The molecule has 1 fully saturated rings. The SMILES string of the molecule is CC(C)C1(C)CC[C@@H](C)[C@H](C)C1. The van der Waals surface area contributed by atoms with Crippen LogP contribution >= 0.6 is 0 Å². The van der Waals surface area contributed by atoms with Crippen LogP contribution < -0.4 is 0 Å². The molecule has 12 heavy (non-hydrogen) atoms. The Bertz CT molecular complexity index is 148. The summed E-state index contributed by atoms with van der Waals surface area (Å²) in [5.41, 5.74) is 0.631. The summed E-state index contributed by atoms with van der Waals surface area (Å²) in [6, 6.07) is 0. The largest absolute Gasteiger partial charge is 0.0623 e. The van der Waals surface area contributed by atoms with Crippen LogP contribution in [0.15, 0.2) is 0 Å². The fourth-order valence-corrected chi connectivity index (χ4v) is 2.41. The van der Waals surface area contributed by atoms with E-state index in [0.29, 0.717) is 5.41 Å². The Hall–Kier alpha value is 0. The minimum absolute atomic E-state index is 0.631. The van der Waals surface area contributed by atoms with Crippen LogP contribution in [-0.4, -0.2) is 0 Å². The van der Waals surface area contributed by atoms with Crippen LogP contribution in [0.3, 0.4) is 0 Å². The van der Waals surface area contributed by atoms with Gasteiger partial charge < -0.3 is 0 Å². The average molecular weight is 168 g/mol. The quantitative estimate of drug-likeness (QED) is 0.553. The summed E-state index contributed by atoms with van der Waals surface area (Å²) >= 11 is 0. The molecule has 1 aliphatic rings. The molecule has 3 atom stereocenters. The van der Waals surface area contributed by atoms with Crippen molar-refractivity contribution in [3.63, 3.8) is 0 Å². The van der Waals surface area contributed by atoms with Crippen LogP contribution in [0.4, 0.5) is 0 Å². The van der Waals surface area contributed by atoms with Crippen LogP contribution in [0.1, 0.15) is 53.9 Å². The van der Waals surface area contributed by atoms with Crippen molar-refractivity contribution in [2.75, 3.05) is 0 Å². The highest BCUT2D eigenvalue weighted by molar-refractivity contribution is 4.86. The van der Waals surface area contributed by atoms with Crippen molar-refractivity contribution < 1.29 is 0 Å². The summed E-state index contributed by atoms with van der Waals surface area (Å²) in [6.45, 7) is 12.1. The van der Waals surface area contributed by atoms with Crippen LogP contribution in [-0.2, 0) is 0 Å². The minimum atomic E-state index is 0.631. The summed E-state index contributed by atoms with van der Waals surface area (Å²) in [5, 5.41) is 0. The van der Waals surface area contributed by atoms with Gasteiger partial charge in [-0.25, -0.2) is 0 Å². The van der Waals surface area contributed by atoms with Gasteiger partial charge in [0.05, 0.1) is 0 Å². The minimum Gasteiger partial charge on any atom is -0.0623 e. The van der Waals surface area contributed by atoms with Gasteiger partial charge in [0.2, 0.25) is 0 Å². The van der Waals surface area contributed by atoms with Crippen molar-refractivity contribution in [2.24, 2.45) is 23.2 Å². The Kier molecular flexibility index (Phi) is 2.85. The van der Waals surface area contributed by atoms with E-state index < -0.39 is 0 Å². The molecule has 0 radical (unpaired) electrons. The smallest absolute Gasteiger partial charge is 0.0300 e. The molecule has 0 heterocycles. The van der Waals surface area contributed by atoms with E-state index in [1.54, 1.807) is 0 Å². The second-order valence-corrected chi connectivity index (χ2v) is 5.51. The molecule has 0 amide bonds. The molecule has 1 aliphatic carbocycles. The van der Waals surface area contributed by atoms with E-state index in [0.717, 1.165) is 17.8 Å². The van der Waals surface area contributed by atoms with Crippen LogP contribution in [0.5, 0.6) is 0 Å². The van der Waals surface area contributed by atoms with E-state index in [1.165, 1.54) is 19.3 Å². The van der Waals surface area contributed by atoms with Gasteiger partial charge in [-0.3, -0.25) is 0 Å². The third-order valence-electron chi connectivity index (χ3n) is 4.32. The predicted molar refractivity (Wildman–Crippen MR) is 55.1 cm³/mol. The van der Waals surface area contributed by atoms with Crippen molar-refractivity contribution in [2.45, 2.75) is 53.9 Å². The molecule has 0 N–H and O–H groups in total. The van der Waals surface area contributed by atoms with Crippen molar-refractivity contribution in [1.29, 1.82) is 0 Å². The standard InChI is InChI=1S/C12H24/c1-9(2)12(5)7-6-10(3)11(4)8-12/h9-11H,6-8H2,1-5H3/t10-,11-,12?/m1/s1. The van der Waals surface area contributed by atoms with Crippen molar-refractivity contribution in [3.8, 4) is 0 Å². The number of hydrogen-bond acceptors (Lipinski definition) is 0. The summed E-state index contributed by atoms with van der Waals surface area (Å²) in [5.74, 6) is 2.75. The highest BCUT2D eigenvalue weighted by Crippen LogP contribution is 2.46. The molecule has 72 valence electrons. The third-order valence-corrected chi connectivity index (χ3v) is 4.32. The second kappa shape index (κ2) is 3.40. The van der Waals surface area contributed by atoms with Crippen LogP contribution in [0.25, 0.3) is 0 Å².